The van der Waals surface area contributed by atoms with Gasteiger partial charge in [0.15, 0.2) is 17.6 Å². The second-order valence-electron chi connectivity index (χ2n) is 13.0. The van der Waals surface area contributed by atoms with Gasteiger partial charge in [-0.25, -0.2) is 0 Å². The van der Waals surface area contributed by atoms with Gasteiger partial charge in [-0.05, 0) is 61.4 Å². The molecule has 1 aliphatic carbocycles. The van der Waals surface area contributed by atoms with Gasteiger partial charge in [-0.3, -0.25) is 14.4 Å². The SMILES string of the molecule is O=C(Nc1ccc(Oc2ccccc2)cc1)C1[C@H]2C=CC3(O2)C(C(=O)NC2CCCCC2)N(CC2COc4ccccc4O2)C(=O)[C@@H]13. The molecule has 3 amide bonds. The molecule has 2 bridgehead atoms. The lowest BCUT2D eigenvalue weighted by molar-refractivity contribution is -0.143. The Labute approximate surface area is 273 Å². The maximum atomic E-state index is 14.4. The van der Waals surface area contributed by atoms with Crippen LogP contribution in [-0.4, -0.2) is 65.7 Å². The summed E-state index contributed by atoms with van der Waals surface area (Å²) in [5, 5.41) is 6.21. The second kappa shape index (κ2) is 12.1. The molecule has 0 aromatic heterocycles. The first-order valence-electron chi connectivity index (χ1n) is 16.5. The lowest BCUT2D eigenvalue weighted by atomic mass is 9.74. The first kappa shape index (κ1) is 29.6. The quantitative estimate of drug-likeness (QED) is 0.340. The Bertz CT molecular complexity index is 1690. The molecule has 47 heavy (non-hydrogen) atoms. The second-order valence-corrected chi connectivity index (χ2v) is 13.0. The van der Waals surface area contributed by atoms with Crippen LogP contribution in [0, 0.1) is 11.8 Å². The van der Waals surface area contributed by atoms with Gasteiger partial charge in [0.2, 0.25) is 17.7 Å². The van der Waals surface area contributed by atoms with E-state index in [9.17, 15) is 14.4 Å². The highest BCUT2D eigenvalue weighted by Gasteiger charge is 2.73. The van der Waals surface area contributed by atoms with Gasteiger partial charge in [0.25, 0.3) is 0 Å². The Kier molecular flexibility index (Phi) is 7.60. The normalized spacial score (nSPS) is 29.0. The van der Waals surface area contributed by atoms with Crippen LogP contribution in [0.4, 0.5) is 5.69 Å². The van der Waals surface area contributed by atoms with E-state index < -0.39 is 35.7 Å². The molecule has 10 nitrogen and oxygen atoms in total. The fourth-order valence-electron chi connectivity index (χ4n) is 7.82. The van der Waals surface area contributed by atoms with Crippen LogP contribution < -0.4 is 24.8 Å². The van der Waals surface area contributed by atoms with Crippen molar-refractivity contribution in [2.45, 2.75) is 62.0 Å². The zero-order chi connectivity index (χ0) is 32.0. The van der Waals surface area contributed by atoms with Gasteiger partial charge in [-0.15, -0.1) is 0 Å². The van der Waals surface area contributed by atoms with E-state index in [1.807, 2.05) is 66.7 Å². The third-order valence-electron chi connectivity index (χ3n) is 9.95. The van der Waals surface area contributed by atoms with Gasteiger partial charge in [0.05, 0.1) is 24.5 Å². The minimum absolute atomic E-state index is 0.0420. The lowest BCUT2D eigenvalue weighted by Crippen LogP contribution is -2.58. The van der Waals surface area contributed by atoms with Gasteiger partial charge >= 0.3 is 0 Å². The number of benzene rings is 3. The molecule has 8 rings (SSSR count). The Balaban J connectivity index is 1.04. The van der Waals surface area contributed by atoms with E-state index in [1.54, 1.807) is 29.2 Å². The van der Waals surface area contributed by atoms with Crippen molar-refractivity contribution in [3.05, 3.63) is 91.0 Å². The molecule has 10 heteroatoms. The molecule has 4 aliphatic heterocycles. The van der Waals surface area contributed by atoms with Crippen LogP contribution in [0.1, 0.15) is 32.1 Å². The van der Waals surface area contributed by atoms with Crippen LogP contribution in [0.2, 0.25) is 0 Å². The van der Waals surface area contributed by atoms with Crippen molar-refractivity contribution >= 4 is 23.4 Å². The Morgan fingerprint density at radius 1 is 0.872 bits per heavy atom. The fourth-order valence-corrected chi connectivity index (χ4v) is 7.82. The van der Waals surface area contributed by atoms with Gasteiger partial charge in [-0.1, -0.05) is 61.7 Å². The Morgan fingerprint density at radius 3 is 2.38 bits per heavy atom. The van der Waals surface area contributed by atoms with Gasteiger partial charge in [-0.2, -0.15) is 0 Å². The van der Waals surface area contributed by atoms with E-state index in [0.29, 0.717) is 28.7 Å². The van der Waals surface area contributed by atoms with Gasteiger partial charge in [0, 0.05) is 11.7 Å². The van der Waals surface area contributed by atoms with Crippen molar-refractivity contribution in [3.63, 3.8) is 0 Å². The van der Waals surface area contributed by atoms with Crippen molar-refractivity contribution in [1.82, 2.24) is 10.2 Å². The van der Waals surface area contributed by atoms with Crippen molar-refractivity contribution in [2.75, 3.05) is 18.5 Å². The van der Waals surface area contributed by atoms with Crippen LogP contribution in [-0.2, 0) is 19.1 Å². The summed E-state index contributed by atoms with van der Waals surface area (Å²) < 4.78 is 24.6. The highest BCUT2D eigenvalue weighted by molar-refractivity contribution is 6.02. The number of anilines is 1. The van der Waals surface area contributed by atoms with E-state index in [2.05, 4.69) is 10.6 Å². The predicted molar refractivity (Wildman–Crippen MR) is 172 cm³/mol. The first-order valence-corrected chi connectivity index (χ1v) is 16.5. The van der Waals surface area contributed by atoms with E-state index >= 15 is 0 Å². The lowest BCUT2D eigenvalue weighted by Gasteiger charge is -2.36. The van der Waals surface area contributed by atoms with Crippen LogP contribution in [0.5, 0.6) is 23.0 Å². The fraction of sp³-hybridized carbons (Fsp3) is 0.378. The Hall–Kier alpha value is -4.83. The highest BCUT2D eigenvalue weighted by Crippen LogP contribution is 2.55. The number of carbonyl (C=O) groups excluding carboxylic acids is 3. The number of fused-ring (bicyclic) bond motifs is 2. The van der Waals surface area contributed by atoms with Crippen LogP contribution in [0.15, 0.2) is 91.0 Å². The molecule has 1 saturated carbocycles. The average Bonchev–Trinajstić information content (AvgIpc) is 3.74. The number of hydrogen-bond acceptors (Lipinski definition) is 7. The van der Waals surface area contributed by atoms with Crippen molar-refractivity contribution in [3.8, 4) is 23.0 Å². The zero-order valence-corrected chi connectivity index (χ0v) is 25.9. The third kappa shape index (κ3) is 5.40. The number of ether oxygens (including phenoxy) is 4. The Morgan fingerprint density at radius 2 is 1.60 bits per heavy atom. The maximum absolute atomic E-state index is 14.4. The molecule has 1 spiro atoms. The number of hydrogen-bond donors (Lipinski definition) is 2. The number of carbonyl (C=O) groups is 3. The van der Waals surface area contributed by atoms with Crippen molar-refractivity contribution < 1.29 is 33.3 Å². The predicted octanol–water partition coefficient (Wildman–Crippen LogP) is 4.86. The first-order chi connectivity index (χ1) is 23.0. The van der Waals surface area contributed by atoms with Gasteiger partial charge in [0.1, 0.15) is 29.7 Å². The van der Waals surface area contributed by atoms with E-state index in [1.165, 1.54) is 0 Å². The van der Waals surface area contributed by atoms with Crippen LogP contribution >= 0.6 is 0 Å². The summed E-state index contributed by atoms with van der Waals surface area (Å²) in [7, 11) is 0. The molecule has 3 aromatic carbocycles. The van der Waals surface area contributed by atoms with Crippen LogP contribution in [0.25, 0.3) is 0 Å². The minimum atomic E-state index is -1.26. The minimum Gasteiger partial charge on any atom is -0.486 e. The molecule has 242 valence electrons. The number of likely N-dealkylation sites (tertiary alicyclic amines) is 1. The zero-order valence-electron chi connectivity index (χ0n) is 25.9. The molecule has 5 aliphatic rings. The number of rotatable bonds is 8. The number of para-hydroxylation sites is 3. The number of nitrogens with one attached hydrogen (secondary N) is 2. The molecule has 3 fully saturated rings. The largest absolute Gasteiger partial charge is 0.486 e. The maximum Gasteiger partial charge on any atom is 0.246 e. The molecular weight excluding hydrogens is 598 g/mol. The molecule has 4 unspecified atom stereocenters. The summed E-state index contributed by atoms with van der Waals surface area (Å²) in [6, 6.07) is 23.0. The summed E-state index contributed by atoms with van der Waals surface area (Å²) in [6.07, 6.45) is 7.59. The molecule has 3 aromatic rings. The monoisotopic (exact) mass is 635 g/mol. The third-order valence-corrected chi connectivity index (χ3v) is 9.95. The molecule has 6 atom stereocenters. The van der Waals surface area contributed by atoms with E-state index in [0.717, 1.165) is 32.1 Å². The number of amides is 3. The summed E-state index contributed by atoms with van der Waals surface area (Å²) in [4.78, 5) is 44.1. The summed E-state index contributed by atoms with van der Waals surface area (Å²) in [5.41, 5.74) is -0.694. The summed E-state index contributed by atoms with van der Waals surface area (Å²) in [6.45, 7) is 0.343. The smallest absolute Gasteiger partial charge is 0.246 e. The highest BCUT2D eigenvalue weighted by atomic mass is 16.6. The van der Waals surface area contributed by atoms with Crippen molar-refractivity contribution in [2.24, 2.45) is 11.8 Å². The topological polar surface area (TPSA) is 115 Å². The average molecular weight is 636 g/mol. The summed E-state index contributed by atoms with van der Waals surface area (Å²) in [5.74, 6) is -0.00292. The molecule has 2 N–H and O–H groups in total. The molecule has 4 heterocycles. The number of nitrogens with zero attached hydrogens (tertiary/aromatic N) is 1. The van der Waals surface area contributed by atoms with Gasteiger partial charge < -0.3 is 34.5 Å². The van der Waals surface area contributed by atoms with Crippen LogP contribution in [0.3, 0.4) is 0 Å². The molecule has 2 saturated heterocycles. The molecule has 0 radical (unpaired) electrons. The van der Waals surface area contributed by atoms with Crippen molar-refractivity contribution in [1.29, 1.82) is 0 Å². The molecular formula is C37H37N3O7. The van der Waals surface area contributed by atoms with E-state index in [4.69, 9.17) is 18.9 Å². The standard InChI is InChI=1S/C37H37N3O7/c41-34(38-24-15-17-26(18-16-24)45-25-11-5-2-6-12-25)31-30-19-20-37(47-30)32(31)36(43)40(33(37)35(42)39-23-9-3-1-4-10-23)21-27-22-44-28-13-7-8-14-29(28)46-27/h2,5-8,11-20,23,27,30-33H,1,3-4,9-10,21-22H2,(H,38,41)(H,39,42)/t27?,30-,31?,32-,33?,37?/m1/s1. The van der Waals surface area contributed by atoms with E-state index in [-0.39, 0.29) is 36.9 Å². The summed E-state index contributed by atoms with van der Waals surface area (Å²) >= 11 is 0.